The van der Waals surface area contributed by atoms with Crippen LogP contribution in [0, 0.1) is 5.92 Å². The summed E-state index contributed by atoms with van der Waals surface area (Å²) in [7, 11) is 1.92. The highest BCUT2D eigenvalue weighted by atomic mass is 15.4. The van der Waals surface area contributed by atoms with Crippen LogP contribution in [0.4, 0.5) is 0 Å². The van der Waals surface area contributed by atoms with Crippen molar-refractivity contribution in [3.8, 4) is 0 Å². The number of rotatable bonds is 5. The van der Waals surface area contributed by atoms with E-state index in [0.29, 0.717) is 12.1 Å². The standard InChI is InChI=1S/C14H27N5/c1-5-14-7-15-12(6-11(2)3)9-19(14)10-13-8-18(4)17-16-13/h8,11-12,14-15H,5-7,9-10H2,1-4H3. The molecule has 2 unspecified atom stereocenters. The number of nitrogens with zero attached hydrogens (tertiary/aromatic N) is 4. The Labute approximate surface area is 116 Å². The van der Waals surface area contributed by atoms with Crippen LogP contribution >= 0.6 is 0 Å². The van der Waals surface area contributed by atoms with E-state index in [-0.39, 0.29) is 0 Å². The lowest BCUT2D eigenvalue weighted by Crippen LogP contribution is -2.56. The van der Waals surface area contributed by atoms with E-state index in [0.717, 1.165) is 31.2 Å². The van der Waals surface area contributed by atoms with E-state index in [1.54, 1.807) is 4.68 Å². The Morgan fingerprint density at radius 2 is 2.26 bits per heavy atom. The summed E-state index contributed by atoms with van der Waals surface area (Å²) < 4.78 is 1.78. The van der Waals surface area contributed by atoms with Gasteiger partial charge in [0.05, 0.1) is 5.69 Å². The minimum absolute atomic E-state index is 0.611. The van der Waals surface area contributed by atoms with Crippen LogP contribution in [0.3, 0.4) is 0 Å². The molecule has 0 saturated carbocycles. The second kappa shape index (κ2) is 6.48. The highest BCUT2D eigenvalue weighted by Crippen LogP contribution is 2.17. The molecule has 1 aliphatic rings. The molecule has 0 radical (unpaired) electrons. The summed E-state index contributed by atoms with van der Waals surface area (Å²) in [5.74, 6) is 0.744. The fraction of sp³-hybridized carbons (Fsp3) is 0.857. The zero-order valence-corrected chi connectivity index (χ0v) is 12.6. The van der Waals surface area contributed by atoms with Gasteiger partial charge in [0.2, 0.25) is 0 Å². The molecule has 2 heterocycles. The van der Waals surface area contributed by atoms with Crippen LogP contribution in [0.25, 0.3) is 0 Å². The predicted molar refractivity (Wildman–Crippen MR) is 76.7 cm³/mol. The molecular weight excluding hydrogens is 238 g/mol. The van der Waals surface area contributed by atoms with Crippen molar-refractivity contribution < 1.29 is 0 Å². The van der Waals surface area contributed by atoms with Crippen LogP contribution in [-0.2, 0) is 13.6 Å². The number of hydrogen-bond acceptors (Lipinski definition) is 4. The van der Waals surface area contributed by atoms with Crippen molar-refractivity contribution in [1.29, 1.82) is 0 Å². The Bertz CT molecular complexity index is 387. The first-order valence-electron chi connectivity index (χ1n) is 7.41. The van der Waals surface area contributed by atoms with Gasteiger partial charge < -0.3 is 5.32 Å². The minimum Gasteiger partial charge on any atom is -0.311 e. The zero-order valence-electron chi connectivity index (χ0n) is 12.6. The number of aromatic nitrogens is 3. The number of piperazine rings is 1. The number of nitrogens with one attached hydrogen (secondary N) is 1. The average molecular weight is 265 g/mol. The van der Waals surface area contributed by atoms with E-state index in [4.69, 9.17) is 0 Å². The maximum Gasteiger partial charge on any atom is 0.0967 e. The molecule has 19 heavy (non-hydrogen) atoms. The van der Waals surface area contributed by atoms with E-state index in [1.807, 2.05) is 13.2 Å². The minimum atomic E-state index is 0.611. The molecule has 108 valence electrons. The van der Waals surface area contributed by atoms with E-state index < -0.39 is 0 Å². The summed E-state index contributed by atoms with van der Waals surface area (Å²) in [5.41, 5.74) is 1.08. The molecule has 2 rings (SSSR count). The normalized spacial score (nSPS) is 25.1. The molecule has 0 spiro atoms. The maximum atomic E-state index is 4.22. The smallest absolute Gasteiger partial charge is 0.0967 e. The summed E-state index contributed by atoms with van der Waals surface area (Å²) in [6, 6.07) is 1.23. The van der Waals surface area contributed by atoms with E-state index in [1.165, 1.54) is 12.8 Å². The maximum absolute atomic E-state index is 4.22. The van der Waals surface area contributed by atoms with Crippen molar-refractivity contribution in [2.75, 3.05) is 13.1 Å². The van der Waals surface area contributed by atoms with Gasteiger partial charge >= 0.3 is 0 Å². The Morgan fingerprint density at radius 3 is 2.84 bits per heavy atom. The molecule has 1 aromatic rings. The first-order valence-corrected chi connectivity index (χ1v) is 7.41. The van der Waals surface area contributed by atoms with Gasteiger partial charge in [-0.25, -0.2) is 0 Å². The molecular formula is C14H27N5. The van der Waals surface area contributed by atoms with Crippen molar-refractivity contribution in [3.63, 3.8) is 0 Å². The Kier molecular flexibility index (Phi) is 4.93. The van der Waals surface area contributed by atoms with Crippen LogP contribution in [0.5, 0.6) is 0 Å². The Hall–Kier alpha value is -0.940. The van der Waals surface area contributed by atoms with Gasteiger partial charge in [-0.3, -0.25) is 9.58 Å². The molecule has 5 heteroatoms. The van der Waals surface area contributed by atoms with Crippen LogP contribution in [-0.4, -0.2) is 45.1 Å². The van der Waals surface area contributed by atoms with Gasteiger partial charge in [0.15, 0.2) is 0 Å². The molecule has 2 atom stereocenters. The Balaban J connectivity index is 1.97. The molecule has 0 aliphatic carbocycles. The van der Waals surface area contributed by atoms with E-state index >= 15 is 0 Å². The lowest BCUT2D eigenvalue weighted by atomic mass is 9.99. The van der Waals surface area contributed by atoms with Gasteiger partial charge in [-0.15, -0.1) is 5.10 Å². The lowest BCUT2D eigenvalue weighted by Gasteiger charge is -2.40. The van der Waals surface area contributed by atoms with Gasteiger partial charge in [-0.1, -0.05) is 26.0 Å². The average Bonchev–Trinajstić information content (AvgIpc) is 2.74. The summed E-state index contributed by atoms with van der Waals surface area (Å²) in [6.45, 7) is 9.98. The summed E-state index contributed by atoms with van der Waals surface area (Å²) >= 11 is 0. The van der Waals surface area contributed by atoms with E-state index in [9.17, 15) is 0 Å². The van der Waals surface area contributed by atoms with Crippen LogP contribution in [0.15, 0.2) is 6.20 Å². The van der Waals surface area contributed by atoms with Gasteiger partial charge in [0.25, 0.3) is 0 Å². The van der Waals surface area contributed by atoms with Crippen molar-refractivity contribution in [1.82, 2.24) is 25.2 Å². The molecule has 1 aliphatic heterocycles. The third kappa shape index (κ3) is 4.01. The second-order valence-corrected chi connectivity index (χ2v) is 6.11. The highest BCUT2D eigenvalue weighted by molar-refractivity contribution is 4.95. The van der Waals surface area contributed by atoms with Gasteiger partial charge in [-0.05, 0) is 18.8 Å². The monoisotopic (exact) mass is 265 g/mol. The Morgan fingerprint density at radius 1 is 1.47 bits per heavy atom. The van der Waals surface area contributed by atoms with Crippen LogP contribution in [0.1, 0.15) is 39.3 Å². The van der Waals surface area contributed by atoms with Gasteiger partial charge in [0, 0.05) is 45.0 Å². The molecule has 1 N–H and O–H groups in total. The first kappa shape index (κ1) is 14.5. The predicted octanol–water partition coefficient (Wildman–Crippen LogP) is 1.41. The SMILES string of the molecule is CCC1CNC(CC(C)C)CN1Cc1cn(C)nn1. The zero-order chi connectivity index (χ0) is 13.8. The molecule has 1 saturated heterocycles. The lowest BCUT2D eigenvalue weighted by molar-refractivity contribution is 0.110. The highest BCUT2D eigenvalue weighted by Gasteiger charge is 2.27. The summed E-state index contributed by atoms with van der Waals surface area (Å²) in [5, 5.41) is 11.9. The van der Waals surface area contributed by atoms with Crippen molar-refractivity contribution in [3.05, 3.63) is 11.9 Å². The third-order valence-electron chi connectivity index (χ3n) is 3.86. The molecule has 1 aromatic heterocycles. The molecule has 5 nitrogen and oxygen atoms in total. The fourth-order valence-electron chi connectivity index (χ4n) is 2.93. The largest absolute Gasteiger partial charge is 0.311 e. The van der Waals surface area contributed by atoms with Crippen molar-refractivity contribution in [2.45, 2.75) is 52.2 Å². The van der Waals surface area contributed by atoms with Gasteiger partial charge in [0.1, 0.15) is 0 Å². The molecule has 1 fully saturated rings. The molecule has 0 aromatic carbocycles. The van der Waals surface area contributed by atoms with Gasteiger partial charge in [-0.2, -0.15) is 0 Å². The molecule has 0 bridgehead atoms. The van der Waals surface area contributed by atoms with Crippen LogP contribution < -0.4 is 5.32 Å². The molecule has 0 amide bonds. The third-order valence-corrected chi connectivity index (χ3v) is 3.86. The van der Waals surface area contributed by atoms with E-state index in [2.05, 4.69) is 41.3 Å². The number of hydrogen-bond donors (Lipinski definition) is 1. The first-order chi connectivity index (χ1) is 9.08. The summed E-state index contributed by atoms with van der Waals surface area (Å²) in [6.07, 6.45) is 4.45. The topological polar surface area (TPSA) is 46.0 Å². The fourth-order valence-corrected chi connectivity index (χ4v) is 2.93. The van der Waals surface area contributed by atoms with Crippen molar-refractivity contribution >= 4 is 0 Å². The quantitative estimate of drug-likeness (QED) is 0.874. The summed E-state index contributed by atoms with van der Waals surface area (Å²) in [4.78, 5) is 2.56. The second-order valence-electron chi connectivity index (χ2n) is 6.11. The van der Waals surface area contributed by atoms with Crippen LogP contribution in [0.2, 0.25) is 0 Å². The number of aryl methyl sites for hydroxylation is 1. The van der Waals surface area contributed by atoms with Crippen molar-refractivity contribution in [2.24, 2.45) is 13.0 Å².